The molecule has 0 fully saturated rings. The Morgan fingerprint density at radius 3 is 2.24 bits per heavy atom. The molecule has 0 bridgehead atoms. The van der Waals surface area contributed by atoms with Crippen molar-refractivity contribution in [1.29, 1.82) is 5.26 Å². The summed E-state index contributed by atoms with van der Waals surface area (Å²) in [5.41, 5.74) is 5.40. The average Bonchev–Trinajstić information content (AvgIpc) is 3.00. The summed E-state index contributed by atoms with van der Waals surface area (Å²) in [7, 11) is 0. The van der Waals surface area contributed by atoms with Crippen molar-refractivity contribution < 1.29 is 26.1 Å². The van der Waals surface area contributed by atoms with Gasteiger partial charge in [-0.2, -0.15) is 9.66 Å². The second-order valence-electron chi connectivity index (χ2n) is 6.78. The molecule has 2 aromatic heterocycles. The van der Waals surface area contributed by atoms with Crippen LogP contribution in [-0.2, 0) is 19.6 Å². The van der Waals surface area contributed by atoms with Crippen molar-refractivity contribution in [2.45, 2.75) is 26.5 Å². The average molecular weight is 448 g/mol. The standard InChI is InChI=1S/C24H22N3O.BrH/c1-19-22(14-15-25)26-16-8-13-23(28-18-21-11-6-3-7-12-21)24(26)27(19)17-20-9-4-2-5-10-20;/h2-13,16H,14,17-18H2,1H3;1H/q+1;/p-1. The van der Waals surface area contributed by atoms with Gasteiger partial charge >= 0.3 is 5.65 Å². The number of halogens is 1. The van der Waals surface area contributed by atoms with Gasteiger partial charge in [0, 0.05) is 6.92 Å². The van der Waals surface area contributed by atoms with Gasteiger partial charge in [0.05, 0.1) is 12.3 Å². The molecule has 146 valence electrons. The Bertz CT molecular complexity index is 1130. The van der Waals surface area contributed by atoms with Crippen LogP contribution in [0.3, 0.4) is 0 Å². The first kappa shape index (κ1) is 20.6. The van der Waals surface area contributed by atoms with Crippen molar-refractivity contribution in [2.75, 3.05) is 0 Å². The molecule has 0 unspecified atom stereocenters. The maximum atomic E-state index is 9.32. The Hall–Kier alpha value is -3.10. The number of imidazole rings is 1. The first-order valence-corrected chi connectivity index (χ1v) is 9.38. The zero-order valence-corrected chi connectivity index (χ0v) is 17.8. The number of ether oxygens (including phenoxy) is 1. The molecule has 4 aromatic rings. The quantitative estimate of drug-likeness (QED) is 0.417. The zero-order chi connectivity index (χ0) is 19.3. The number of rotatable bonds is 6. The summed E-state index contributed by atoms with van der Waals surface area (Å²) in [6.45, 7) is 3.31. The van der Waals surface area contributed by atoms with Gasteiger partial charge in [-0.1, -0.05) is 60.7 Å². The van der Waals surface area contributed by atoms with E-state index in [1.165, 1.54) is 5.56 Å². The molecule has 0 radical (unpaired) electrons. The van der Waals surface area contributed by atoms with Gasteiger partial charge in [0.15, 0.2) is 5.69 Å². The van der Waals surface area contributed by atoms with Gasteiger partial charge in [0.1, 0.15) is 25.3 Å². The maximum Gasteiger partial charge on any atom is 0.330 e. The first-order valence-electron chi connectivity index (χ1n) is 9.38. The number of nitrogens with zero attached hydrogens (tertiary/aromatic N) is 3. The number of fused-ring (bicyclic) bond motifs is 1. The van der Waals surface area contributed by atoms with Crippen LogP contribution < -0.4 is 26.1 Å². The molecule has 5 heteroatoms. The number of hydrogen-bond donors (Lipinski definition) is 0. The molecule has 0 aliphatic rings. The van der Waals surface area contributed by atoms with E-state index in [1.807, 2.05) is 54.7 Å². The topological polar surface area (TPSA) is 42.1 Å². The molecule has 0 amide bonds. The Labute approximate surface area is 181 Å². The van der Waals surface area contributed by atoms with E-state index in [0.29, 0.717) is 13.0 Å². The number of pyridine rings is 1. The van der Waals surface area contributed by atoms with Crippen LogP contribution in [-0.4, -0.2) is 4.57 Å². The number of aromatic nitrogens is 2. The third-order valence-electron chi connectivity index (χ3n) is 4.97. The largest absolute Gasteiger partial charge is 1.00 e. The molecule has 0 aliphatic carbocycles. The predicted molar refractivity (Wildman–Crippen MR) is 108 cm³/mol. The molecule has 2 aromatic carbocycles. The minimum atomic E-state index is 0. The Balaban J connectivity index is 0.00000240. The molecule has 4 nitrogen and oxygen atoms in total. The molecule has 0 atom stereocenters. The van der Waals surface area contributed by atoms with E-state index < -0.39 is 0 Å². The van der Waals surface area contributed by atoms with E-state index in [-0.39, 0.29) is 17.0 Å². The number of nitriles is 1. The van der Waals surface area contributed by atoms with E-state index in [9.17, 15) is 5.26 Å². The molecule has 2 heterocycles. The lowest BCUT2D eigenvalue weighted by atomic mass is 10.2. The van der Waals surface area contributed by atoms with Crippen molar-refractivity contribution in [1.82, 2.24) is 4.57 Å². The molecule has 4 rings (SSSR count). The van der Waals surface area contributed by atoms with E-state index in [2.05, 4.69) is 46.2 Å². The summed E-state index contributed by atoms with van der Waals surface area (Å²) in [5, 5.41) is 9.32. The summed E-state index contributed by atoms with van der Waals surface area (Å²) in [5.74, 6) is 0.814. The van der Waals surface area contributed by atoms with Gasteiger partial charge in [0.2, 0.25) is 5.75 Å². The van der Waals surface area contributed by atoms with E-state index in [1.54, 1.807) is 0 Å². The van der Waals surface area contributed by atoms with Gasteiger partial charge in [0.25, 0.3) is 0 Å². The SMILES string of the molecule is Cc1c(CC#N)[n+]2cccc(OCc3ccccc3)c2n1Cc1ccccc1.[Br-]. The summed E-state index contributed by atoms with van der Waals surface area (Å²) in [6.07, 6.45) is 2.36. The second-order valence-corrected chi connectivity index (χ2v) is 6.78. The third-order valence-corrected chi connectivity index (χ3v) is 4.97. The number of benzene rings is 2. The highest BCUT2D eigenvalue weighted by Crippen LogP contribution is 2.23. The smallest absolute Gasteiger partial charge is 0.330 e. The van der Waals surface area contributed by atoms with Crippen LogP contribution in [0.15, 0.2) is 79.0 Å². The molecular formula is C24H22BrN3O. The van der Waals surface area contributed by atoms with Crippen LogP contribution in [0.25, 0.3) is 5.65 Å². The van der Waals surface area contributed by atoms with Gasteiger partial charge in [-0.25, -0.2) is 4.57 Å². The van der Waals surface area contributed by atoms with E-state index in [0.717, 1.165) is 34.9 Å². The number of hydrogen-bond acceptors (Lipinski definition) is 2. The van der Waals surface area contributed by atoms with Crippen molar-refractivity contribution in [3.8, 4) is 11.8 Å². The van der Waals surface area contributed by atoms with Crippen LogP contribution in [0.4, 0.5) is 0 Å². The lowest BCUT2D eigenvalue weighted by Gasteiger charge is -2.07. The summed E-state index contributed by atoms with van der Waals surface area (Å²) in [4.78, 5) is 0. The highest BCUT2D eigenvalue weighted by atomic mass is 79.9. The minimum absolute atomic E-state index is 0. The Morgan fingerprint density at radius 2 is 1.59 bits per heavy atom. The van der Waals surface area contributed by atoms with Gasteiger partial charge in [-0.05, 0) is 23.3 Å². The highest BCUT2D eigenvalue weighted by Gasteiger charge is 2.26. The fourth-order valence-corrected chi connectivity index (χ4v) is 3.55. The minimum Gasteiger partial charge on any atom is -1.00 e. The lowest BCUT2D eigenvalue weighted by molar-refractivity contribution is -0.520. The first-order chi connectivity index (χ1) is 13.8. The van der Waals surface area contributed by atoms with Crippen LogP contribution in [0.1, 0.15) is 22.5 Å². The summed E-state index contributed by atoms with van der Waals surface area (Å²) in [6, 6.07) is 26.8. The second kappa shape index (κ2) is 9.40. The lowest BCUT2D eigenvalue weighted by Crippen LogP contribution is -3.00. The highest BCUT2D eigenvalue weighted by molar-refractivity contribution is 5.51. The van der Waals surface area contributed by atoms with Crippen molar-refractivity contribution in [3.63, 3.8) is 0 Å². The summed E-state index contributed by atoms with van der Waals surface area (Å²) < 4.78 is 10.5. The molecule has 0 saturated heterocycles. The molecule has 0 saturated carbocycles. The molecule has 0 spiro atoms. The van der Waals surface area contributed by atoms with Crippen molar-refractivity contribution in [3.05, 3.63) is 102 Å². The Morgan fingerprint density at radius 1 is 0.931 bits per heavy atom. The van der Waals surface area contributed by atoms with Crippen LogP contribution in [0.2, 0.25) is 0 Å². The van der Waals surface area contributed by atoms with Gasteiger partial charge in [-0.15, -0.1) is 0 Å². The maximum absolute atomic E-state index is 9.32. The Kier molecular flexibility index (Phi) is 6.69. The van der Waals surface area contributed by atoms with Crippen LogP contribution >= 0.6 is 0 Å². The van der Waals surface area contributed by atoms with E-state index in [4.69, 9.17) is 4.74 Å². The molecule has 0 aliphatic heterocycles. The van der Waals surface area contributed by atoms with Gasteiger partial charge < -0.3 is 21.7 Å². The summed E-state index contributed by atoms with van der Waals surface area (Å²) >= 11 is 0. The molecular weight excluding hydrogens is 426 g/mol. The third kappa shape index (κ3) is 4.33. The van der Waals surface area contributed by atoms with Crippen LogP contribution in [0.5, 0.6) is 5.75 Å². The van der Waals surface area contributed by atoms with Gasteiger partial charge in [-0.3, -0.25) is 0 Å². The molecule has 0 N–H and O–H groups in total. The molecule has 29 heavy (non-hydrogen) atoms. The van der Waals surface area contributed by atoms with Crippen LogP contribution in [0, 0.1) is 18.3 Å². The zero-order valence-electron chi connectivity index (χ0n) is 16.3. The van der Waals surface area contributed by atoms with E-state index >= 15 is 0 Å². The predicted octanol–water partition coefficient (Wildman–Crippen LogP) is 1.23. The fraction of sp³-hybridized carbons (Fsp3) is 0.167. The monoisotopic (exact) mass is 447 g/mol. The van der Waals surface area contributed by atoms with Crippen molar-refractivity contribution in [2.24, 2.45) is 0 Å². The van der Waals surface area contributed by atoms with Crippen molar-refractivity contribution >= 4 is 5.65 Å². The normalized spacial score (nSPS) is 10.3. The fourth-order valence-electron chi connectivity index (χ4n) is 3.55.